The molecule has 35 heavy (non-hydrogen) atoms. The minimum absolute atomic E-state index is 0.743. The predicted octanol–water partition coefficient (Wildman–Crippen LogP) is 8.41. The van der Waals surface area contributed by atoms with Crippen LogP contribution in [0.25, 0.3) is 44.7 Å². The summed E-state index contributed by atoms with van der Waals surface area (Å²) in [5, 5.41) is 1.08. The standard InChI is InChI=1S/C32H21N3/c1-3-10-22(11-4-1)23-18-20-24(21-19-23)32-33-27-15-9-17-29-30(27)31(34-32)26-14-7-8-16-28(26)35(29)25-12-5-2-6-13-25/h1-21H. The monoisotopic (exact) mass is 447 g/mol. The quantitative estimate of drug-likeness (QED) is 0.272. The van der Waals surface area contributed by atoms with Gasteiger partial charge in [-0.3, -0.25) is 0 Å². The molecular weight excluding hydrogens is 426 g/mol. The Labute approximate surface area is 204 Å². The van der Waals surface area contributed by atoms with Crippen molar-refractivity contribution in [2.45, 2.75) is 0 Å². The van der Waals surface area contributed by atoms with E-state index in [2.05, 4.69) is 120 Å². The van der Waals surface area contributed by atoms with Crippen LogP contribution in [0.1, 0.15) is 0 Å². The highest BCUT2D eigenvalue weighted by molar-refractivity contribution is 6.11. The molecule has 3 heteroatoms. The van der Waals surface area contributed by atoms with Crippen molar-refractivity contribution in [3.8, 4) is 33.8 Å². The molecule has 0 N–H and O–H groups in total. The zero-order chi connectivity index (χ0) is 23.2. The summed E-state index contributed by atoms with van der Waals surface area (Å²) in [5.41, 5.74) is 9.80. The smallest absolute Gasteiger partial charge is 0.160 e. The Morgan fingerprint density at radius 2 is 1.09 bits per heavy atom. The maximum absolute atomic E-state index is 5.14. The average Bonchev–Trinajstić information content (AvgIpc) is 2.94. The van der Waals surface area contributed by atoms with Crippen LogP contribution < -0.4 is 4.90 Å². The highest BCUT2D eigenvalue weighted by Gasteiger charge is 2.27. The van der Waals surface area contributed by atoms with Crippen LogP contribution in [-0.4, -0.2) is 9.97 Å². The number of para-hydroxylation sites is 2. The van der Waals surface area contributed by atoms with Gasteiger partial charge in [0, 0.05) is 16.8 Å². The molecule has 0 bridgehead atoms. The van der Waals surface area contributed by atoms with Crippen LogP contribution in [-0.2, 0) is 0 Å². The molecule has 0 fully saturated rings. The van der Waals surface area contributed by atoms with Gasteiger partial charge in [-0.15, -0.1) is 0 Å². The lowest BCUT2D eigenvalue weighted by molar-refractivity contribution is 1.20. The van der Waals surface area contributed by atoms with Gasteiger partial charge < -0.3 is 4.90 Å². The van der Waals surface area contributed by atoms with Crippen LogP contribution in [0, 0.1) is 0 Å². The highest BCUT2D eigenvalue weighted by atomic mass is 15.2. The summed E-state index contributed by atoms with van der Waals surface area (Å²) in [6, 6.07) is 44.3. The number of nitrogens with zero attached hydrogens (tertiary/aromatic N) is 3. The largest absolute Gasteiger partial charge is 0.309 e. The SMILES string of the molecule is c1ccc(-c2ccc(-c3nc4c5c(cccc5n3)N(c3ccccc3)c3ccccc3-4)cc2)cc1. The molecule has 164 valence electrons. The minimum Gasteiger partial charge on any atom is -0.309 e. The van der Waals surface area contributed by atoms with Crippen LogP contribution in [0.4, 0.5) is 17.1 Å². The normalized spacial score (nSPS) is 11.9. The number of benzene rings is 5. The van der Waals surface area contributed by atoms with Gasteiger partial charge in [0.05, 0.1) is 28.0 Å². The Kier molecular flexibility index (Phi) is 4.46. The fourth-order valence-corrected chi connectivity index (χ4v) is 4.97. The van der Waals surface area contributed by atoms with Gasteiger partial charge in [-0.05, 0) is 41.5 Å². The van der Waals surface area contributed by atoms with Crippen molar-refractivity contribution < 1.29 is 0 Å². The highest BCUT2D eigenvalue weighted by Crippen LogP contribution is 2.49. The fraction of sp³-hybridized carbons (Fsp3) is 0. The summed E-state index contributed by atoms with van der Waals surface area (Å²) < 4.78 is 0. The lowest BCUT2D eigenvalue weighted by atomic mass is 9.96. The third-order valence-corrected chi connectivity index (χ3v) is 6.61. The number of fused-ring (bicyclic) bond motifs is 2. The molecule has 0 spiro atoms. The minimum atomic E-state index is 0.743. The zero-order valence-corrected chi connectivity index (χ0v) is 19.0. The molecule has 0 radical (unpaired) electrons. The molecule has 6 aromatic rings. The van der Waals surface area contributed by atoms with Gasteiger partial charge in [0.15, 0.2) is 5.82 Å². The second kappa shape index (κ2) is 7.93. The van der Waals surface area contributed by atoms with Gasteiger partial charge in [0.1, 0.15) is 0 Å². The van der Waals surface area contributed by atoms with E-state index in [0.717, 1.165) is 50.6 Å². The van der Waals surface area contributed by atoms with Crippen molar-refractivity contribution in [1.29, 1.82) is 0 Å². The summed E-state index contributed by atoms with van der Waals surface area (Å²) in [6.07, 6.45) is 0. The van der Waals surface area contributed by atoms with Gasteiger partial charge in [-0.1, -0.05) is 97.1 Å². The molecule has 1 aliphatic rings. The zero-order valence-electron chi connectivity index (χ0n) is 19.0. The van der Waals surface area contributed by atoms with E-state index in [4.69, 9.17) is 9.97 Å². The van der Waals surface area contributed by atoms with E-state index in [1.54, 1.807) is 0 Å². The van der Waals surface area contributed by atoms with E-state index in [9.17, 15) is 0 Å². The van der Waals surface area contributed by atoms with Gasteiger partial charge in [0.2, 0.25) is 0 Å². The Bertz CT molecular complexity index is 1670. The summed E-state index contributed by atoms with van der Waals surface area (Å²) >= 11 is 0. The van der Waals surface area contributed by atoms with Crippen LogP contribution in [0.2, 0.25) is 0 Å². The molecule has 0 unspecified atom stereocenters. The number of anilines is 3. The molecular formula is C32H21N3. The molecule has 1 aromatic heterocycles. The first-order valence-electron chi connectivity index (χ1n) is 11.8. The lowest BCUT2D eigenvalue weighted by Crippen LogP contribution is -2.16. The van der Waals surface area contributed by atoms with Gasteiger partial charge in [0.25, 0.3) is 0 Å². The van der Waals surface area contributed by atoms with E-state index in [1.165, 1.54) is 11.1 Å². The summed E-state index contributed by atoms with van der Waals surface area (Å²) in [7, 11) is 0. The third kappa shape index (κ3) is 3.21. The van der Waals surface area contributed by atoms with Crippen molar-refractivity contribution in [3.05, 3.63) is 127 Å². The Morgan fingerprint density at radius 1 is 0.457 bits per heavy atom. The van der Waals surface area contributed by atoms with E-state index >= 15 is 0 Å². The van der Waals surface area contributed by atoms with Crippen LogP contribution >= 0.6 is 0 Å². The second-order valence-corrected chi connectivity index (χ2v) is 8.70. The van der Waals surface area contributed by atoms with E-state index in [-0.39, 0.29) is 0 Å². The summed E-state index contributed by atoms with van der Waals surface area (Å²) in [4.78, 5) is 12.5. The van der Waals surface area contributed by atoms with Gasteiger partial charge in [-0.25, -0.2) is 9.97 Å². The third-order valence-electron chi connectivity index (χ3n) is 6.61. The van der Waals surface area contributed by atoms with Gasteiger partial charge in [-0.2, -0.15) is 0 Å². The fourth-order valence-electron chi connectivity index (χ4n) is 4.97. The molecule has 0 saturated heterocycles. The van der Waals surface area contributed by atoms with Crippen LogP contribution in [0.15, 0.2) is 127 Å². The molecule has 0 atom stereocenters. The van der Waals surface area contributed by atoms with Crippen molar-refractivity contribution in [1.82, 2.24) is 9.97 Å². The summed E-state index contributed by atoms with van der Waals surface area (Å²) in [5.74, 6) is 0.743. The van der Waals surface area contributed by atoms with Crippen molar-refractivity contribution >= 4 is 28.0 Å². The van der Waals surface area contributed by atoms with Gasteiger partial charge >= 0.3 is 0 Å². The molecule has 0 aliphatic carbocycles. The Morgan fingerprint density at radius 3 is 1.89 bits per heavy atom. The number of aromatic nitrogens is 2. The van der Waals surface area contributed by atoms with Crippen LogP contribution in [0.3, 0.4) is 0 Å². The first-order chi connectivity index (χ1) is 17.4. The average molecular weight is 448 g/mol. The summed E-state index contributed by atoms with van der Waals surface area (Å²) in [6.45, 7) is 0. The number of hydrogen-bond donors (Lipinski definition) is 0. The molecule has 5 aromatic carbocycles. The van der Waals surface area contributed by atoms with Crippen molar-refractivity contribution in [3.63, 3.8) is 0 Å². The first kappa shape index (κ1) is 19.7. The molecule has 0 amide bonds. The second-order valence-electron chi connectivity index (χ2n) is 8.70. The van der Waals surface area contributed by atoms with E-state index in [0.29, 0.717) is 0 Å². The maximum Gasteiger partial charge on any atom is 0.160 e. The Hall–Kier alpha value is -4.76. The van der Waals surface area contributed by atoms with E-state index < -0.39 is 0 Å². The van der Waals surface area contributed by atoms with Crippen LogP contribution in [0.5, 0.6) is 0 Å². The molecule has 1 aliphatic heterocycles. The van der Waals surface area contributed by atoms with E-state index in [1.807, 2.05) is 12.1 Å². The Balaban J connectivity index is 1.42. The van der Waals surface area contributed by atoms with Crippen molar-refractivity contribution in [2.24, 2.45) is 0 Å². The molecule has 3 nitrogen and oxygen atoms in total. The lowest BCUT2D eigenvalue weighted by Gasteiger charge is -2.32. The molecule has 2 heterocycles. The van der Waals surface area contributed by atoms with Crippen molar-refractivity contribution in [2.75, 3.05) is 4.90 Å². The maximum atomic E-state index is 5.14. The number of hydrogen-bond acceptors (Lipinski definition) is 3. The molecule has 7 rings (SSSR count). The first-order valence-corrected chi connectivity index (χ1v) is 11.8. The predicted molar refractivity (Wildman–Crippen MR) is 144 cm³/mol. The molecule has 0 saturated carbocycles. The number of rotatable bonds is 3. The topological polar surface area (TPSA) is 29.0 Å².